The van der Waals surface area contributed by atoms with Crippen LogP contribution in [0.4, 0.5) is 17.2 Å². The molecule has 0 saturated carbocycles. The van der Waals surface area contributed by atoms with E-state index in [0.29, 0.717) is 23.7 Å². The molecule has 0 amide bonds. The van der Waals surface area contributed by atoms with E-state index in [1.807, 2.05) is 30.3 Å². The molecule has 2 aromatic carbocycles. The molecular formula is C18H14N6O2. The Bertz CT molecular complexity index is 1080. The third-order valence-corrected chi connectivity index (χ3v) is 3.93. The second kappa shape index (κ2) is 6.60. The maximum Gasteiger partial charge on any atom is 0.271 e. The Morgan fingerprint density at radius 2 is 1.92 bits per heavy atom. The summed E-state index contributed by atoms with van der Waals surface area (Å²) in [5.74, 6) is 0.551. The zero-order valence-electron chi connectivity index (χ0n) is 13.6. The number of hydrogen-bond acceptors (Lipinski definition) is 6. The Morgan fingerprint density at radius 1 is 1.08 bits per heavy atom. The Balaban J connectivity index is 1.67. The van der Waals surface area contributed by atoms with Gasteiger partial charge in [-0.15, -0.1) is 0 Å². The number of hydrogen-bond donors (Lipinski definition) is 1. The highest BCUT2D eigenvalue weighted by Gasteiger charge is 2.12. The number of fused-ring (bicyclic) bond motifs is 1. The number of rotatable bonds is 5. The molecule has 2 heterocycles. The van der Waals surface area contributed by atoms with E-state index in [2.05, 4.69) is 20.4 Å². The molecule has 0 aliphatic heterocycles. The Labute approximate surface area is 148 Å². The lowest BCUT2D eigenvalue weighted by Gasteiger charge is -2.07. The van der Waals surface area contributed by atoms with Crippen LogP contribution in [0, 0.1) is 10.1 Å². The number of benzene rings is 2. The van der Waals surface area contributed by atoms with Crippen molar-refractivity contribution in [3.63, 3.8) is 0 Å². The molecule has 8 heteroatoms. The smallest absolute Gasteiger partial charge is 0.271 e. The summed E-state index contributed by atoms with van der Waals surface area (Å²) in [4.78, 5) is 19.1. The normalized spacial score (nSPS) is 10.8. The fourth-order valence-electron chi connectivity index (χ4n) is 2.70. The first kappa shape index (κ1) is 15.7. The lowest BCUT2D eigenvalue weighted by molar-refractivity contribution is -0.384. The largest absolute Gasteiger partial charge is 0.339 e. The molecular weight excluding hydrogens is 332 g/mol. The van der Waals surface area contributed by atoms with Crippen molar-refractivity contribution in [2.45, 2.75) is 6.54 Å². The third-order valence-electron chi connectivity index (χ3n) is 3.93. The highest BCUT2D eigenvalue weighted by molar-refractivity contribution is 5.88. The maximum atomic E-state index is 10.9. The van der Waals surface area contributed by atoms with Gasteiger partial charge in [-0.3, -0.25) is 10.1 Å². The summed E-state index contributed by atoms with van der Waals surface area (Å²) in [6.07, 6.45) is 3.14. The average molecular weight is 346 g/mol. The van der Waals surface area contributed by atoms with E-state index in [-0.39, 0.29) is 5.69 Å². The van der Waals surface area contributed by atoms with Crippen molar-refractivity contribution in [3.8, 4) is 0 Å². The standard InChI is InChI=1S/C18H14N6O2/c25-24(26)15-8-4-7-14(9-15)22-17-16-10-21-23(18(16)20-12-19-17)11-13-5-2-1-3-6-13/h1-10,12H,11H2,(H,19,20,22). The van der Waals surface area contributed by atoms with Gasteiger partial charge in [-0.1, -0.05) is 36.4 Å². The molecule has 0 aliphatic carbocycles. The minimum Gasteiger partial charge on any atom is -0.339 e. The number of nitrogens with one attached hydrogen (secondary N) is 1. The van der Waals surface area contributed by atoms with E-state index in [4.69, 9.17) is 0 Å². The minimum absolute atomic E-state index is 0.0140. The summed E-state index contributed by atoms with van der Waals surface area (Å²) in [7, 11) is 0. The molecule has 128 valence electrons. The molecule has 0 fully saturated rings. The molecule has 0 atom stereocenters. The van der Waals surface area contributed by atoms with Crippen LogP contribution in [-0.4, -0.2) is 24.7 Å². The van der Waals surface area contributed by atoms with Crippen molar-refractivity contribution in [2.75, 3.05) is 5.32 Å². The quantitative estimate of drug-likeness (QED) is 0.438. The average Bonchev–Trinajstić information content (AvgIpc) is 3.07. The van der Waals surface area contributed by atoms with Crippen molar-refractivity contribution in [3.05, 3.63) is 82.8 Å². The molecule has 8 nitrogen and oxygen atoms in total. The van der Waals surface area contributed by atoms with Crippen molar-refractivity contribution in [2.24, 2.45) is 0 Å². The van der Waals surface area contributed by atoms with E-state index < -0.39 is 4.92 Å². The molecule has 4 rings (SSSR count). The zero-order valence-corrected chi connectivity index (χ0v) is 13.6. The first-order chi connectivity index (χ1) is 12.7. The fraction of sp³-hybridized carbons (Fsp3) is 0.0556. The van der Waals surface area contributed by atoms with Crippen LogP contribution in [-0.2, 0) is 6.54 Å². The Hall–Kier alpha value is -3.81. The van der Waals surface area contributed by atoms with Gasteiger partial charge < -0.3 is 5.32 Å². The molecule has 1 N–H and O–H groups in total. The van der Waals surface area contributed by atoms with Crippen molar-refractivity contribution >= 4 is 28.2 Å². The topological polar surface area (TPSA) is 98.8 Å². The highest BCUT2D eigenvalue weighted by atomic mass is 16.6. The first-order valence-electron chi connectivity index (χ1n) is 7.92. The van der Waals surface area contributed by atoms with Gasteiger partial charge in [-0.25, -0.2) is 14.6 Å². The summed E-state index contributed by atoms with van der Waals surface area (Å²) in [5, 5.41) is 19.2. The van der Waals surface area contributed by atoms with Crippen LogP contribution in [0.25, 0.3) is 11.0 Å². The monoisotopic (exact) mass is 346 g/mol. The van der Waals surface area contributed by atoms with E-state index in [1.165, 1.54) is 18.5 Å². The van der Waals surface area contributed by atoms with Crippen molar-refractivity contribution < 1.29 is 4.92 Å². The number of non-ortho nitro benzene ring substituents is 1. The van der Waals surface area contributed by atoms with Gasteiger partial charge in [0.1, 0.15) is 12.1 Å². The van der Waals surface area contributed by atoms with Gasteiger partial charge in [0.2, 0.25) is 0 Å². The van der Waals surface area contributed by atoms with Crippen LogP contribution in [0.5, 0.6) is 0 Å². The Kier molecular flexibility index (Phi) is 3.98. The predicted octanol–water partition coefficient (Wildman–Crippen LogP) is 3.53. The fourth-order valence-corrected chi connectivity index (χ4v) is 2.70. The lowest BCUT2D eigenvalue weighted by atomic mass is 10.2. The molecule has 0 spiro atoms. The molecule has 26 heavy (non-hydrogen) atoms. The molecule has 0 radical (unpaired) electrons. The summed E-state index contributed by atoms with van der Waals surface area (Å²) in [5.41, 5.74) is 2.40. The lowest BCUT2D eigenvalue weighted by Crippen LogP contribution is -2.03. The SMILES string of the molecule is O=[N+]([O-])c1cccc(Nc2ncnc3c2cnn3Cc2ccccc2)c1. The molecule has 0 unspecified atom stereocenters. The zero-order chi connectivity index (χ0) is 17.9. The van der Waals surface area contributed by atoms with Crippen molar-refractivity contribution in [1.82, 2.24) is 19.7 Å². The van der Waals surface area contributed by atoms with Gasteiger partial charge in [0.05, 0.1) is 23.1 Å². The number of anilines is 2. The van der Waals surface area contributed by atoms with Crippen LogP contribution in [0.15, 0.2) is 67.1 Å². The molecule has 2 aromatic heterocycles. The maximum absolute atomic E-state index is 10.9. The third kappa shape index (κ3) is 3.07. The Morgan fingerprint density at radius 3 is 2.73 bits per heavy atom. The summed E-state index contributed by atoms with van der Waals surface area (Å²) in [6, 6.07) is 16.2. The van der Waals surface area contributed by atoms with Crippen LogP contribution >= 0.6 is 0 Å². The predicted molar refractivity (Wildman–Crippen MR) is 97.2 cm³/mol. The van der Waals surface area contributed by atoms with Crippen molar-refractivity contribution in [1.29, 1.82) is 0 Å². The van der Waals surface area contributed by atoms with Gasteiger partial charge in [0.15, 0.2) is 5.65 Å². The first-order valence-corrected chi connectivity index (χ1v) is 7.92. The molecule has 0 aliphatic rings. The van der Waals surface area contributed by atoms with Gasteiger partial charge in [-0.05, 0) is 11.6 Å². The van der Waals surface area contributed by atoms with E-state index >= 15 is 0 Å². The van der Waals surface area contributed by atoms with Gasteiger partial charge >= 0.3 is 0 Å². The van der Waals surface area contributed by atoms with Gasteiger partial charge in [0, 0.05) is 17.8 Å². The van der Waals surface area contributed by atoms with Gasteiger partial charge in [-0.2, -0.15) is 5.10 Å². The molecule has 0 saturated heterocycles. The second-order valence-electron chi connectivity index (χ2n) is 5.68. The number of nitro groups is 1. The van der Waals surface area contributed by atoms with E-state index in [9.17, 15) is 10.1 Å². The van der Waals surface area contributed by atoms with Crippen LogP contribution in [0.2, 0.25) is 0 Å². The second-order valence-corrected chi connectivity index (χ2v) is 5.68. The van der Waals surface area contributed by atoms with Crippen LogP contribution < -0.4 is 5.32 Å². The summed E-state index contributed by atoms with van der Waals surface area (Å²) < 4.78 is 1.80. The van der Waals surface area contributed by atoms with Crippen LogP contribution in [0.3, 0.4) is 0 Å². The van der Waals surface area contributed by atoms with E-state index in [1.54, 1.807) is 23.0 Å². The summed E-state index contributed by atoms with van der Waals surface area (Å²) >= 11 is 0. The molecule has 0 bridgehead atoms. The number of nitrogens with zero attached hydrogens (tertiary/aromatic N) is 5. The number of nitro benzene ring substituents is 1. The minimum atomic E-state index is -0.432. The summed E-state index contributed by atoms with van der Waals surface area (Å²) in [6.45, 7) is 0.595. The number of aromatic nitrogens is 4. The van der Waals surface area contributed by atoms with Gasteiger partial charge in [0.25, 0.3) is 5.69 Å². The molecule has 4 aromatic rings. The van der Waals surface area contributed by atoms with Crippen LogP contribution in [0.1, 0.15) is 5.56 Å². The van der Waals surface area contributed by atoms with E-state index in [0.717, 1.165) is 10.9 Å². The highest BCUT2D eigenvalue weighted by Crippen LogP contribution is 2.25.